The Hall–Kier alpha value is -0.0400. The van der Waals surface area contributed by atoms with Crippen LogP contribution in [0, 0.1) is 34.0 Å². The molecule has 0 N–H and O–H groups in total. The van der Waals surface area contributed by atoms with E-state index in [1.54, 1.807) is 0 Å². The van der Waals surface area contributed by atoms with E-state index in [0.29, 0.717) is 16.2 Å². The van der Waals surface area contributed by atoms with Crippen LogP contribution in [0.15, 0.2) is 0 Å². The summed E-state index contributed by atoms with van der Waals surface area (Å²) in [6.07, 6.45) is 5.87. The SMILES string of the molecule is CCOCC1(C)CC1CC1C[C@@H]2C[C@@]2(C)C1(C)C. The van der Waals surface area contributed by atoms with Crippen LogP contribution in [0.25, 0.3) is 0 Å². The van der Waals surface area contributed by atoms with E-state index in [9.17, 15) is 0 Å². The molecule has 18 heavy (non-hydrogen) atoms. The van der Waals surface area contributed by atoms with Gasteiger partial charge in [-0.1, -0.05) is 27.7 Å². The summed E-state index contributed by atoms with van der Waals surface area (Å²) in [5, 5.41) is 0. The topological polar surface area (TPSA) is 9.23 Å². The molecule has 0 spiro atoms. The van der Waals surface area contributed by atoms with Gasteiger partial charge in [-0.15, -0.1) is 0 Å². The lowest BCUT2D eigenvalue weighted by atomic mass is 9.69. The zero-order valence-electron chi connectivity index (χ0n) is 12.9. The highest BCUT2D eigenvalue weighted by molar-refractivity contribution is 5.16. The van der Waals surface area contributed by atoms with Crippen molar-refractivity contribution in [1.29, 1.82) is 0 Å². The third-order valence-corrected chi connectivity index (χ3v) is 7.22. The van der Waals surface area contributed by atoms with Crippen LogP contribution in [0.4, 0.5) is 0 Å². The second-order valence-electron chi connectivity index (χ2n) is 8.40. The first-order valence-electron chi connectivity index (χ1n) is 7.91. The van der Waals surface area contributed by atoms with Crippen LogP contribution in [-0.2, 0) is 4.74 Å². The first-order chi connectivity index (χ1) is 8.33. The van der Waals surface area contributed by atoms with Crippen LogP contribution in [0.2, 0.25) is 0 Å². The van der Waals surface area contributed by atoms with Crippen LogP contribution in [-0.4, -0.2) is 13.2 Å². The van der Waals surface area contributed by atoms with Gasteiger partial charge >= 0.3 is 0 Å². The molecule has 104 valence electrons. The lowest BCUT2D eigenvalue weighted by Gasteiger charge is -2.36. The molecule has 1 heteroatoms. The van der Waals surface area contributed by atoms with E-state index in [2.05, 4.69) is 34.6 Å². The van der Waals surface area contributed by atoms with Gasteiger partial charge in [-0.3, -0.25) is 0 Å². The van der Waals surface area contributed by atoms with Crippen LogP contribution >= 0.6 is 0 Å². The Kier molecular flexibility index (Phi) is 2.70. The van der Waals surface area contributed by atoms with Gasteiger partial charge in [-0.05, 0) is 66.6 Å². The number of ether oxygens (including phenoxy) is 1. The van der Waals surface area contributed by atoms with Crippen molar-refractivity contribution in [3.63, 3.8) is 0 Å². The largest absolute Gasteiger partial charge is 0.381 e. The van der Waals surface area contributed by atoms with Crippen LogP contribution < -0.4 is 0 Å². The fraction of sp³-hybridized carbons (Fsp3) is 1.00. The fourth-order valence-electron chi connectivity index (χ4n) is 4.81. The number of hydrogen-bond donors (Lipinski definition) is 0. The van der Waals surface area contributed by atoms with Crippen molar-refractivity contribution in [3.8, 4) is 0 Å². The third-order valence-electron chi connectivity index (χ3n) is 7.22. The normalized spacial score (nSPS) is 52.2. The molecule has 0 bridgehead atoms. The highest BCUT2D eigenvalue weighted by atomic mass is 16.5. The molecule has 3 fully saturated rings. The van der Waals surface area contributed by atoms with E-state index >= 15 is 0 Å². The van der Waals surface area contributed by atoms with Crippen LogP contribution in [0.3, 0.4) is 0 Å². The van der Waals surface area contributed by atoms with Crippen molar-refractivity contribution in [2.24, 2.45) is 34.0 Å². The Labute approximate surface area is 113 Å². The van der Waals surface area contributed by atoms with Crippen molar-refractivity contribution in [1.82, 2.24) is 0 Å². The van der Waals surface area contributed by atoms with Gasteiger partial charge in [0.2, 0.25) is 0 Å². The van der Waals surface area contributed by atoms with E-state index in [-0.39, 0.29) is 0 Å². The Morgan fingerprint density at radius 1 is 1.06 bits per heavy atom. The number of rotatable bonds is 5. The molecule has 0 saturated heterocycles. The maximum absolute atomic E-state index is 5.66. The minimum atomic E-state index is 0.514. The molecule has 5 atom stereocenters. The Balaban J connectivity index is 1.57. The average Bonchev–Trinajstić information content (AvgIpc) is 3.12. The van der Waals surface area contributed by atoms with Gasteiger partial charge in [-0.25, -0.2) is 0 Å². The van der Waals surface area contributed by atoms with Gasteiger partial charge in [0.15, 0.2) is 0 Å². The lowest BCUT2D eigenvalue weighted by Crippen LogP contribution is -2.28. The smallest absolute Gasteiger partial charge is 0.0522 e. The van der Waals surface area contributed by atoms with Gasteiger partial charge < -0.3 is 4.74 Å². The van der Waals surface area contributed by atoms with Gasteiger partial charge in [0.25, 0.3) is 0 Å². The third kappa shape index (κ3) is 1.69. The highest BCUT2D eigenvalue weighted by Crippen LogP contribution is 2.75. The van der Waals surface area contributed by atoms with Crippen LogP contribution in [0.5, 0.6) is 0 Å². The molecule has 3 aliphatic rings. The van der Waals surface area contributed by atoms with Gasteiger partial charge in [-0.2, -0.15) is 0 Å². The summed E-state index contributed by atoms with van der Waals surface area (Å²) in [5.74, 6) is 2.96. The van der Waals surface area contributed by atoms with Crippen molar-refractivity contribution in [2.75, 3.05) is 13.2 Å². The molecule has 0 heterocycles. The Morgan fingerprint density at radius 3 is 2.33 bits per heavy atom. The molecule has 0 aromatic carbocycles. The first kappa shape index (κ1) is 13.0. The molecular formula is C17H30O. The van der Waals surface area contributed by atoms with Crippen LogP contribution in [0.1, 0.15) is 60.3 Å². The minimum Gasteiger partial charge on any atom is -0.381 e. The number of hydrogen-bond acceptors (Lipinski definition) is 1. The van der Waals surface area contributed by atoms with Crippen molar-refractivity contribution < 1.29 is 4.74 Å². The Morgan fingerprint density at radius 2 is 1.78 bits per heavy atom. The van der Waals surface area contributed by atoms with E-state index in [4.69, 9.17) is 4.74 Å². The quantitative estimate of drug-likeness (QED) is 0.697. The fourth-order valence-corrected chi connectivity index (χ4v) is 4.81. The maximum Gasteiger partial charge on any atom is 0.0522 e. The van der Waals surface area contributed by atoms with Gasteiger partial charge in [0.05, 0.1) is 6.61 Å². The summed E-state index contributed by atoms with van der Waals surface area (Å²) in [4.78, 5) is 0. The first-order valence-corrected chi connectivity index (χ1v) is 7.91. The molecule has 3 unspecified atom stereocenters. The summed E-state index contributed by atoms with van der Waals surface area (Å²) in [7, 11) is 0. The molecule has 0 aromatic rings. The summed E-state index contributed by atoms with van der Waals surface area (Å²) >= 11 is 0. The maximum atomic E-state index is 5.66. The highest BCUT2D eigenvalue weighted by Gasteiger charge is 2.68. The minimum absolute atomic E-state index is 0.514. The predicted octanol–water partition coefficient (Wildman–Crippen LogP) is 4.51. The average molecular weight is 250 g/mol. The van der Waals surface area contributed by atoms with Crippen molar-refractivity contribution in [3.05, 3.63) is 0 Å². The van der Waals surface area contributed by atoms with Crippen molar-refractivity contribution in [2.45, 2.75) is 60.3 Å². The molecule has 1 nitrogen and oxygen atoms in total. The standard InChI is InChI=1S/C17H30O/c1-6-18-11-16(4)9-13(16)7-12-8-14-10-17(14,5)15(12,2)3/h12-14H,6-11H2,1-5H3/t12?,13?,14-,16?,17-/m1/s1. The van der Waals surface area contributed by atoms with E-state index in [1.807, 2.05) is 0 Å². The summed E-state index contributed by atoms with van der Waals surface area (Å²) in [6, 6.07) is 0. The molecule has 3 rings (SSSR count). The predicted molar refractivity (Wildman–Crippen MR) is 75.4 cm³/mol. The summed E-state index contributed by atoms with van der Waals surface area (Å²) in [5.41, 5.74) is 1.77. The molecule has 3 aliphatic carbocycles. The molecular weight excluding hydrogens is 220 g/mol. The Bertz CT molecular complexity index is 348. The molecule has 0 aliphatic heterocycles. The molecule has 0 aromatic heterocycles. The summed E-state index contributed by atoms with van der Waals surface area (Å²) in [6.45, 7) is 14.0. The molecule has 3 saturated carbocycles. The molecule has 0 amide bonds. The van der Waals surface area contributed by atoms with Crippen molar-refractivity contribution >= 4 is 0 Å². The van der Waals surface area contributed by atoms with E-state index in [1.165, 1.54) is 25.7 Å². The van der Waals surface area contributed by atoms with E-state index in [0.717, 1.165) is 31.0 Å². The zero-order chi connectivity index (χ0) is 13.2. The van der Waals surface area contributed by atoms with Gasteiger partial charge in [0.1, 0.15) is 0 Å². The summed E-state index contributed by atoms with van der Waals surface area (Å²) < 4.78 is 5.66. The second kappa shape index (κ2) is 3.75. The zero-order valence-corrected chi connectivity index (χ0v) is 12.9. The molecule has 0 radical (unpaired) electrons. The second-order valence-corrected chi connectivity index (χ2v) is 8.40. The monoisotopic (exact) mass is 250 g/mol. The van der Waals surface area contributed by atoms with Gasteiger partial charge in [0, 0.05) is 6.61 Å². The lowest BCUT2D eigenvalue weighted by molar-refractivity contribution is 0.0902. The van der Waals surface area contributed by atoms with E-state index < -0.39 is 0 Å². The number of fused-ring (bicyclic) bond motifs is 1.